The van der Waals surface area contributed by atoms with Crippen LogP contribution in [0.25, 0.3) is 0 Å². The zero-order chi connectivity index (χ0) is 16.9. The maximum Gasteiger partial charge on any atom is 0.257 e. The Labute approximate surface area is 141 Å². The van der Waals surface area contributed by atoms with Crippen LogP contribution in [0.15, 0.2) is 18.7 Å². The van der Waals surface area contributed by atoms with Gasteiger partial charge in [0.1, 0.15) is 12.2 Å². The van der Waals surface area contributed by atoms with Crippen LogP contribution in [-0.4, -0.2) is 49.1 Å². The molecule has 2 N–H and O–H groups in total. The number of hydrogen-bond donors (Lipinski definition) is 2. The Hall–Kier alpha value is -2.22. The van der Waals surface area contributed by atoms with Crippen molar-refractivity contribution in [3.05, 3.63) is 24.5 Å². The third-order valence-corrected chi connectivity index (χ3v) is 4.41. The second-order valence-electron chi connectivity index (χ2n) is 6.24. The molecule has 0 aliphatic heterocycles. The number of hydrogen-bond acceptors (Lipinski definition) is 7. The molecular formula is C16H24N6O2. The van der Waals surface area contributed by atoms with E-state index in [1.54, 1.807) is 18.7 Å². The van der Waals surface area contributed by atoms with E-state index in [0.717, 1.165) is 18.7 Å². The van der Waals surface area contributed by atoms with Crippen molar-refractivity contribution in [1.82, 2.24) is 24.7 Å². The van der Waals surface area contributed by atoms with E-state index in [4.69, 9.17) is 4.74 Å². The van der Waals surface area contributed by atoms with Gasteiger partial charge in [-0.15, -0.1) is 10.2 Å². The smallest absolute Gasteiger partial charge is 0.257 e. The minimum absolute atomic E-state index is 0.132. The maximum absolute atomic E-state index is 10.4. The molecule has 8 heteroatoms. The average Bonchev–Trinajstić information content (AvgIpc) is 3.17. The van der Waals surface area contributed by atoms with Gasteiger partial charge in [0.05, 0.1) is 12.7 Å². The van der Waals surface area contributed by atoms with Gasteiger partial charge in [-0.1, -0.05) is 6.92 Å². The molecule has 0 radical (unpaired) electrons. The lowest BCUT2D eigenvalue weighted by Gasteiger charge is -2.16. The molecule has 1 saturated carbocycles. The zero-order valence-electron chi connectivity index (χ0n) is 14.1. The van der Waals surface area contributed by atoms with Crippen LogP contribution in [0.5, 0.6) is 5.88 Å². The van der Waals surface area contributed by atoms with Gasteiger partial charge in [0, 0.05) is 37.8 Å². The van der Waals surface area contributed by atoms with Crippen LogP contribution < -0.4 is 10.1 Å². The van der Waals surface area contributed by atoms with E-state index in [2.05, 4.69) is 25.5 Å². The first-order chi connectivity index (χ1) is 11.7. The summed E-state index contributed by atoms with van der Waals surface area (Å²) >= 11 is 0. The van der Waals surface area contributed by atoms with E-state index >= 15 is 0 Å². The summed E-state index contributed by atoms with van der Waals surface area (Å²) in [5, 5.41) is 21.7. The molecule has 3 rings (SSSR count). The van der Waals surface area contributed by atoms with E-state index in [0.29, 0.717) is 31.3 Å². The predicted octanol–water partition coefficient (Wildman–Crippen LogP) is 1.36. The van der Waals surface area contributed by atoms with Crippen LogP contribution in [-0.2, 0) is 7.05 Å². The lowest BCUT2D eigenvalue weighted by molar-refractivity contribution is 0.137. The second-order valence-corrected chi connectivity index (χ2v) is 6.24. The van der Waals surface area contributed by atoms with Gasteiger partial charge in [-0.05, 0) is 19.3 Å². The third-order valence-electron chi connectivity index (χ3n) is 4.41. The van der Waals surface area contributed by atoms with Crippen LogP contribution in [0, 0.1) is 5.92 Å². The second kappa shape index (κ2) is 7.57. The lowest BCUT2D eigenvalue weighted by Crippen LogP contribution is -2.22. The van der Waals surface area contributed by atoms with E-state index in [1.807, 2.05) is 18.5 Å². The molecule has 2 aromatic rings. The summed E-state index contributed by atoms with van der Waals surface area (Å²) in [5.74, 6) is 2.43. The van der Waals surface area contributed by atoms with Gasteiger partial charge < -0.3 is 19.7 Å². The Morgan fingerprint density at radius 1 is 1.33 bits per heavy atom. The molecule has 0 spiro atoms. The first kappa shape index (κ1) is 16.6. The summed E-state index contributed by atoms with van der Waals surface area (Å²) in [7, 11) is 1.93. The minimum Gasteiger partial charge on any atom is -0.475 e. The number of aliphatic hydroxyl groups is 1. The highest BCUT2D eigenvalue weighted by atomic mass is 16.5. The van der Waals surface area contributed by atoms with E-state index < -0.39 is 0 Å². The molecule has 0 saturated heterocycles. The summed E-state index contributed by atoms with van der Waals surface area (Å²) < 4.78 is 7.53. The summed E-state index contributed by atoms with van der Waals surface area (Å²) in [6, 6.07) is 0. The first-order valence-electron chi connectivity index (χ1n) is 8.38. The van der Waals surface area contributed by atoms with Gasteiger partial charge in [0.2, 0.25) is 0 Å². The molecule has 1 aliphatic rings. The summed E-state index contributed by atoms with van der Waals surface area (Å²) in [6.45, 7) is 3.27. The summed E-state index contributed by atoms with van der Waals surface area (Å²) in [5.41, 5.74) is 0. The van der Waals surface area contributed by atoms with E-state index in [1.165, 1.54) is 0 Å². The SMILES string of the molecule is CCCOc1nccnc1NC[C@H]1C[C@H](c2nncn2C)C[C@H]1O. The first-order valence-corrected chi connectivity index (χ1v) is 8.38. The van der Waals surface area contributed by atoms with E-state index in [9.17, 15) is 5.11 Å². The summed E-state index contributed by atoms with van der Waals surface area (Å²) in [4.78, 5) is 8.51. The number of nitrogens with one attached hydrogen (secondary N) is 1. The highest BCUT2D eigenvalue weighted by molar-refractivity contribution is 5.44. The molecule has 8 nitrogen and oxygen atoms in total. The normalized spacial score (nSPS) is 23.4. The molecule has 0 unspecified atom stereocenters. The molecule has 130 valence electrons. The van der Waals surface area contributed by atoms with Gasteiger partial charge in [-0.3, -0.25) is 0 Å². The number of aromatic nitrogens is 5. The minimum atomic E-state index is -0.365. The Bertz CT molecular complexity index is 662. The fourth-order valence-electron chi connectivity index (χ4n) is 3.17. The molecule has 1 fully saturated rings. The standard InChI is InChI=1S/C16H24N6O2/c1-3-6-24-16-14(17-4-5-18-16)19-9-12-7-11(8-13(12)23)15-21-20-10-22(15)2/h4-5,10-13,23H,3,6-9H2,1-2H3,(H,17,19)/t11-,12+,13+/m0/s1. The van der Waals surface area contributed by atoms with Crippen LogP contribution in [0.2, 0.25) is 0 Å². The number of aryl methyl sites for hydroxylation is 1. The van der Waals surface area contributed by atoms with Gasteiger partial charge in [-0.2, -0.15) is 0 Å². The van der Waals surface area contributed by atoms with E-state index in [-0.39, 0.29) is 17.9 Å². The Kier molecular flexibility index (Phi) is 5.24. The number of ether oxygens (including phenoxy) is 1. The number of anilines is 1. The third kappa shape index (κ3) is 3.64. The van der Waals surface area contributed by atoms with Crippen molar-refractivity contribution in [1.29, 1.82) is 0 Å². The van der Waals surface area contributed by atoms with Gasteiger partial charge >= 0.3 is 0 Å². The van der Waals surface area contributed by atoms with Gasteiger partial charge in [0.15, 0.2) is 5.82 Å². The number of aliphatic hydroxyl groups excluding tert-OH is 1. The highest BCUT2D eigenvalue weighted by Gasteiger charge is 2.35. The lowest BCUT2D eigenvalue weighted by atomic mass is 10.0. The van der Waals surface area contributed by atoms with Crippen LogP contribution >= 0.6 is 0 Å². The molecule has 1 aliphatic carbocycles. The van der Waals surface area contributed by atoms with Crippen LogP contribution in [0.4, 0.5) is 5.82 Å². The highest BCUT2D eigenvalue weighted by Crippen LogP contribution is 2.37. The largest absolute Gasteiger partial charge is 0.475 e. The summed E-state index contributed by atoms with van der Waals surface area (Å²) in [6.07, 6.45) is 7.07. The van der Waals surface area contributed by atoms with Crippen molar-refractivity contribution in [2.75, 3.05) is 18.5 Å². The molecule has 0 bridgehead atoms. The topological polar surface area (TPSA) is 98.0 Å². The molecule has 0 aromatic carbocycles. The quantitative estimate of drug-likeness (QED) is 0.790. The fourth-order valence-corrected chi connectivity index (χ4v) is 3.17. The van der Waals surface area contributed by atoms with Crippen molar-refractivity contribution in [3.63, 3.8) is 0 Å². The molecule has 2 heterocycles. The average molecular weight is 332 g/mol. The fraction of sp³-hybridized carbons (Fsp3) is 0.625. The van der Waals surface area contributed by atoms with Crippen molar-refractivity contribution < 1.29 is 9.84 Å². The Morgan fingerprint density at radius 2 is 2.17 bits per heavy atom. The number of rotatable bonds is 7. The van der Waals surface area contributed by atoms with Gasteiger partial charge in [-0.25, -0.2) is 9.97 Å². The number of nitrogens with zero attached hydrogens (tertiary/aromatic N) is 5. The van der Waals surface area contributed by atoms with Crippen molar-refractivity contribution in [2.24, 2.45) is 13.0 Å². The molecule has 24 heavy (non-hydrogen) atoms. The molecular weight excluding hydrogens is 308 g/mol. The van der Waals surface area contributed by atoms with Crippen molar-refractivity contribution in [3.8, 4) is 5.88 Å². The zero-order valence-corrected chi connectivity index (χ0v) is 14.1. The van der Waals surface area contributed by atoms with Crippen molar-refractivity contribution >= 4 is 5.82 Å². The van der Waals surface area contributed by atoms with Gasteiger partial charge in [0.25, 0.3) is 5.88 Å². The monoisotopic (exact) mass is 332 g/mol. The van der Waals surface area contributed by atoms with Crippen molar-refractivity contribution in [2.45, 2.75) is 38.2 Å². The predicted molar refractivity (Wildman–Crippen MR) is 88.8 cm³/mol. The van der Waals surface area contributed by atoms with Crippen LogP contribution in [0.3, 0.4) is 0 Å². The molecule has 0 amide bonds. The molecule has 3 atom stereocenters. The Balaban J connectivity index is 1.60. The Morgan fingerprint density at radius 3 is 2.92 bits per heavy atom. The maximum atomic E-state index is 10.4. The van der Waals surface area contributed by atoms with Crippen LogP contribution in [0.1, 0.15) is 37.9 Å². The molecule has 2 aromatic heterocycles.